The van der Waals surface area contributed by atoms with Crippen LogP contribution in [-0.2, 0) is 11.2 Å². The van der Waals surface area contributed by atoms with Crippen molar-refractivity contribution in [2.75, 3.05) is 12.3 Å². The van der Waals surface area contributed by atoms with Crippen LogP contribution in [0, 0.1) is 12.7 Å². The first kappa shape index (κ1) is 22.2. The fraction of sp³-hybridized carbons (Fsp3) is 0.185. The van der Waals surface area contributed by atoms with Gasteiger partial charge in [0.15, 0.2) is 0 Å². The first-order chi connectivity index (χ1) is 16.5. The van der Waals surface area contributed by atoms with Crippen molar-refractivity contribution < 1.29 is 14.3 Å². The number of benzene rings is 3. The van der Waals surface area contributed by atoms with Crippen LogP contribution < -0.4 is 0 Å². The number of amides is 1. The van der Waals surface area contributed by atoms with E-state index in [9.17, 15) is 14.3 Å². The number of carbonyl (C=O) groups excluding carboxylic acids is 1. The van der Waals surface area contributed by atoms with Gasteiger partial charge in [0.25, 0.3) is 0 Å². The van der Waals surface area contributed by atoms with E-state index >= 15 is 0 Å². The summed E-state index contributed by atoms with van der Waals surface area (Å²) in [6.07, 6.45) is 2.62. The van der Waals surface area contributed by atoms with E-state index in [4.69, 9.17) is 5.10 Å². The van der Waals surface area contributed by atoms with E-state index in [1.54, 1.807) is 28.6 Å². The third-order valence-electron chi connectivity index (χ3n) is 5.89. The van der Waals surface area contributed by atoms with E-state index < -0.39 is 0 Å². The third kappa shape index (κ3) is 4.56. The largest absolute Gasteiger partial charge is 0.508 e. The van der Waals surface area contributed by atoms with Crippen molar-refractivity contribution in [1.82, 2.24) is 14.7 Å². The van der Waals surface area contributed by atoms with Crippen LogP contribution >= 0.6 is 11.8 Å². The number of aromatic nitrogens is 2. The topological polar surface area (TPSA) is 58.4 Å². The molecule has 0 bridgehead atoms. The van der Waals surface area contributed by atoms with Crippen LogP contribution in [0.2, 0.25) is 0 Å². The quantitative estimate of drug-likeness (QED) is 0.401. The Kier molecular flexibility index (Phi) is 6.11. The van der Waals surface area contributed by atoms with E-state index in [2.05, 4.69) is 0 Å². The molecule has 5 nitrogen and oxygen atoms in total. The molecule has 4 aromatic rings. The zero-order valence-corrected chi connectivity index (χ0v) is 19.5. The van der Waals surface area contributed by atoms with Crippen LogP contribution in [0.15, 0.2) is 79.0 Å². The van der Waals surface area contributed by atoms with Crippen molar-refractivity contribution in [3.63, 3.8) is 0 Å². The minimum absolute atomic E-state index is 0.0719. The predicted octanol–water partition coefficient (Wildman–Crippen LogP) is 5.51. The van der Waals surface area contributed by atoms with Crippen LogP contribution in [-0.4, -0.2) is 38.0 Å². The van der Waals surface area contributed by atoms with Gasteiger partial charge in [-0.15, -0.1) is 11.8 Å². The van der Waals surface area contributed by atoms with Crippen LogP contribution in [0.5, 0.6) is 5.75 Å². The molecule has 1 aliphatic heterocycles. The molecule has 0 radical (unpaired) electrons. The standard InChI is InChI=1S/C27H24FN3O2S/c1-18-13-20(15-21(28)14-18)26-24(16-31(29-26)22-5-3-2-4-6-22)27-30(25(33)17-34-27)12-11-19-7-9-23(32)10-8-19/h2-10,13-16,27,32H,11-12,17H2,1H3. The van der Waals surface area contributed by atoms with Crippen molar-refractivity contribution in [2.45, 2.75) is 18.7 Å². The van der Waals surface area contributed by atoms with Crippen molar-refractivity contribution in [1.29, 1.82) is 0 Å². The number of aromatic hydroxyl groups is 1. The molecule has 1 aliphatic rings. The van der Waals surface area contributed by atoms with Gasteiger partial charge in [-0.05, 0) is 66.9 Å². The highest BCUT2D eigenvalue weighted by Crippen LogP contribution is 2.43. The molecule has 1 fully saturated rings. The lowest BCUT2D eigenvalue weighted by Gasteiger charge is -2.24. The van der Waals surface area contributed by atoms with Crippen LogP contribution in [0.3, 0.4) is 0 Å². The number of para-hydroxylation sites is 1. The average Bonchev–Trinajstić information content (AvgIpc) is 3.42. The molecule has 0 saturated carbocycles. The summed E-state index contributed by atoms with van der Waals surface area (Å²) < 4.78 is 16.1. The Balaban J connectivity index is 1.53. The second kappa shape index (κ2) is 9.35. The summed E-state index contributed by atoms with van der Waals surface area (Å²) >= 11 is 1.56. The Morgan fingerprint density at radius 3 is 2.59 bits per heavy atom. The number of hydrogen-bond acceptors (Lipinski definition) is 4. The number of hydrogen-bond donors (Lipinski definition) is 1. The number of thioether (sulfide) groups is 1. The van der Waals surface area contributed by atoms with Gasteiger partial charge in [-0.25, -0.2) is 9.07 Å². The number of halogens is 1. The Hall–Kier alpha value is -3.58. The molecule has 34 heavy (non-hydrogen) atoms. The van der Waals surface area contributed by atoms with Crippen LogP contribution in [0.1, 0.15) is 22.1 Å². The van der Waals surface area contributed by atoms with E-state index in [1.807, 2.05) is 66.6 Å². The van der Waals surface area contributed by atoms with Gasteiger partial charge in [0, 0.05) is 23.9 Å². The molecule has 1 aromatic heterocycles. The molecule has 1 amide bonds. The predicted molar refractivity (Wildman–Crippen MR) is 132 cm³/mol. The highest BCUT2D eigenvalue weighted by atomic mass is 32.2. The average molecular weight is 474 g/mol. The highest BCUT2D eigenvalue weighted by Gasteiger charge is 2.35. The van der Waals surface area contributed by atoms with Crippen molar-refractivity contribution in [3.8, 4) is 22.7 Å². The maximum atomic E-state index is 14.3. The Bertz CT molecular complexity index is 1300. The molecule has 172 valence electrons. The van der Waals surface area contributed by atoms with Crippen molar-refractivity contribution in [3.05, 3.63) is 102 Å². The number of nitrogens with zero attached hydrogens (tertiary/aromatic N) is 3. The number of aryl methyl sites for hydroxylation is 1. The summed E-state index contributed by atoms with van der Waals surface area (Å²) in [5.74, 6) is 0.369. The van der Waals surface area contributed by atoms with Gasteiger partial charge < -0.3 is 10.0 Å². The molecule has 2 heterocycles. The summed E-state index contributed by atoms with van der Waals surface area (Å²) in [4.78, 5) is 14.7. The van der Waals surface area contributed by atoms with Gasteiger partial charge in [-0.2, -0.15) is 5.10 Å². The van der Waals surface area contributed by atoms with E-state index in [1.165, 1.54) is 12.1 Å². The molecule has 5 rings (SSSR count). The molecular formula is C27H24FN3O2S. The van der Waals surface area contributed by atoms with Gasteiger partial charge in [0.2, 0.25) is 5.91 Å². The molecular weight excluding hydrogens is 449 g/mol. The molecule has 0 spiro atoms. The number of phenolic OH excluding ortho intramolecular Hbond substituents is 1. The van der Waals surface area contributed by atoms with Gasteiger partial charge in [-0.1, -0.05) is 30.3 Å². The van der Waals surface area contributed by atoms with E-state index in [0.717, 1.165) is 22.4 Å². The highest BCUT2D eigenvalue weighted by molar-refractivity contribution is 8.00. The lowest BCUT2D eigenvalue weighted by molar-refractivity contribution is -0.128. The molecule has 1 atom stereocenters. The second-order valence-electron chi connectivity index (χ2n) is 8.40. The van der Waals surface area contributed by atoms with Gasteiger partial charge in [0.1, 0.15) is 16.9 Å². The molecule has 1 saturated heterocycles. The van der Waals surface area contributed by atoms with Gasteiger partial charge in [0.05, 0.1) is 17.1 Å². The first-order valence-corrected chi connectivity index (χ1v) is 12.1. The summed E-state index contributed by atoms with van der Waals surface area (Å²) in [5.41, 5.74) is 5.01. The Labute approximate surface area is 201 Å². The second-order valence-corrected chi connectivity index (χ2v) is 9.47. The normalized spacial score (nSPS) is 15.8. The minimum atomic E-state index is -0.311. The van der Waals surface area contributed by atoms with Gasteiger partial charge >= 0.3 is 0 Å². The molecule has 7 heteroatoms. The Morgan fingerprint density at radius 1 is 1.09 bits per heavy atom. The SMILES string of the molecule is Cc1cc(F)cc(-c2nn(-c3ccccc3)cc2C2SCC(=O)N2CCc2ccc(O)cc2)c1. The fourth-order valence-corrected chi connectivity index (χ4v) is 5.47. The lowest BCUT2D eigenvalue weighted by Crippen LogP contribution is -2.30. The molecule has 1 N–H and O–H groups in total. The maximum Gasteiger partial charge on any atom is 0.233 e. The fourth-order valence-electron chi connectivity index (χ4n) is 4.24. The summed E-state index contributed by atoms with van der Waals surface area (Å²) in [6.45, 7) is 2.40. The number of rotatable bonds is 6. The lowest BCUT2D eigenvalue weighted by atomic mass is 10.0. The molecule has 3 aromatic carbocycles. The summed E-state index contributed by atoms with van der Waals surface area (Å²) in [7, 11) is 0. The summed E-state index contributed by atoms with van der Waals surface area (Å²) in [5, 5.41) is 14.2. The monoisotopic (exact) mass is 473 g/mol. The van der Waals surface area contributed by atoms with Crippen LogP contribution in [0.4, 0.5) is 4.39 Å². The number of phenols is 1. The zero-order valence-electron chi connectivity index (χ0n) is 18.7. The van der Waals surface area contributed by atoms with Crippen LogP contribution in [0.25, 0.3) is 16.9 Å². The minimum Gasteiger partial charge on any atom is -0.508 e. The maximum absolute atomic E-state index is 14.3. The van der Waals surface area contributed by atoms with Crippen molar-refractivity contribution in [2.24, 2.45) is 0 Å². The zero-order chi connectivity index (χ0) is 23.7. The van der Waals surface area contributed by atoms with Crippen molar-refractivity contribution >= 4 is 17.7 Å². The number of carbonyl (C=O) groups is 1. The van der Waals surface area contributed by atoms with E-state index in [-0.39, 0.29) is 22.8 Å². The molecule has 1 unspecified atom stereocenters. The summed E-state index contributed by atoms with van der Waals surface area (Å²) in [6, 6.07) is 21.7. The first-order valence-electron chi connectivity index (χ1n) is 11.1. The molecule has 0 aliphatic carbocycles. The van der Waals surface area contributed by atoms with Gasteiger partial charge in [-0.3, -0.25) is 4.79 Å². The Morgan fingerprint density at radius 2 is 1.85 bits per heavy atom. The van der Waals surface area contributed by atoms with E-state index in [0.29, 0.717) is 30.0 Å². The third-order valence-corrected chi connectivity index (χ3v) is 7.13. The smallest absolute Gasteiger partial charge is 0.233 e.